The van der Waals surface area contributed by atoms with Crippen molar-refractivity contribution in [1.82, 2.24) is 14.5 Å². The van der Waals surface area contributed by atoms with Gasteiger partial charge in [0.1, 0.15) is 5.82 Å². The van der Waals surface area contributed by atoms with E-state index in [2.05, 4.69) is 130 Å². The lowest BCUT2D eigenvalue weighted by Crippen LogP contribution is -2.15. The molecule has 9 rings (SSSR count). The molecule has 0 aliphatic carbocycles. The first kappa shape index (κ1) is 23.0. The molecule has 0 saturated carbocycles. The third-order valence-corrected chi connectivity index (χ3v) is 8.40. The quantitative estimate of drug-likeness (QED) is 0.225. The van der Waals surface area contributed by atoms with Crippen LogP contribution in [0.3, 0.4) is 0 Å². The maximum absolute atomic E-state index is 4.96. The minimum Gasteiger partial charge on any atom is -0.309 e. The molecular weight excluding hydrogens is 512 g/mol. The lowest BCUT2D eigenvalue weighted by molar-refractivity contribution is 1.08. The fourth-order valence-electron chi connectivity index (χ4n) is 6.64. The topological polar surface area (TPSA) is 34.0 Å². The molecule has 0 unspecified atom stereocenters. The third kappa shape index (κ3) is 3.23. The average Bonchev–Trinajstić information content (AvgIpc) is 3.41. The number of nitrogens with zero attached hydrogens (tertiary/aromatic N) is 4. The highest BCUT2D eigenvalue weighted by Crippen LogP contribution is 2.54. The van der Waals surface area contributed by atoms with Gasteiger partial charge in [0, 0.05) is 45.4 Å². The van der Waals surface area contributed by atoms with Crippen LogP contribution in [0, 0.1) is 0 Å². The van der Waals surface area contributed by atoms with Crippen LogP contribution in [-0.4, -0.2) is 14.5 Å². The van der Waals surface area contributed by atoms with E-state index in [1.165, 1.54) is 44.0 Å². The average molecular weight is 537 g/mol. The Morgan fingerprint density at radius 1 is 0.524 bits per heavy atom. The Morgan fingerprint density at radius 3 is 2.19 bits per heavy atom. The molecule has 1 aliphatic heterocycles. The molecule has 4 nitrogen and oxygen atoms in total. The Kier molecular flexibility index (Phi) is 4.87. The summed E-state index contributed by atoms with van der Waals surface area (Å²) in [5.74, 6) is 0.880. The lowest BCUT2D eigenvalue weighted by atomic mass is 9.89. The van der Waals surface area contributed by atoms with E-state index in [-0.39, 0.29) is 0 Å². The predicted molar refractivity (Wildman–Crippen MR) is 173 cm³/mol. The van der Waals surface area contributed by atoms with E-state index in [1.54, 1.807) is 0 Å². The number of benzene rings is 5. The second-order valence-corrected chi connectivity index (χ2v) is 10.7. The number of hydrogen-bond acceptors (Lipinski definition) is 3. The number of fused-ring (bicyclic) bond motifs is 6. The smallest absolute Gasteiger partial charge is 0.137 e. The molecule has 0 spiro atoms. The Morgan fingerprint density at radius 2 is 1.36 bits per heavy atom. The molecular formula is C38H24N4. The summed E-state index contributed by atoms with van der Waals surface area (Å²) in [6.45, 7) is 0. The summed E-state index contributed by atoms with van der Waals surface area (Å²) in [5.41, 5.74) is 10.2. The van der Waals surface area contributed by atoms with Crippen molar-refractivity contribution in [3.63, 3.8) is 0 Å². The molecule has 8 aromatic rings. The highest BCUT2D eigenvalue weighted by atomic mass is 15.2. The largest absolute Gasteiger partial charge is 0.309 e. The monoisotopic (exact) mass is 536 g/mol. The maximum Gasteiger partial charge on any atom is 0.137 e. The minimum absolute atomic E-state index is 0.880. The fourth-order valence-corrected chi connectivity index (χ4v) is 6.64. The fraction of sp³-hybridized carbons (Fsp3) is 0. The van der Waals surface area contributed by atoms with E-state index in [4.69, 9.17) is 4.98 Å². The third-order valence-electron chi connectivity index (χ3n) is 8.40. The van der Waals surface area contributed by atoms with Gasteiger partial charge < -0.3 is 4.90 Å². The van der Waals surface area contributed by atoms with Crippen molar-refractivity contribution in [1.29, 1.82) is 0 Å². The van der Waals surface area contributed by atoms with E-state index >= 15 is 0 Å². The van der Waals surface area contributed by atoms with Crippen LogP contribution in [0.2, 0.25) is 0 Å². The molecule has 4 heterocycles. The first-order valence-corrected chi connectivity index (χ1v) is 14.2. The van der Waals surface area contributed by atoms with Crippen LogP contribution in [0.15, 0.2) is 146 Å². The number of pyridine rings is 2. The molecule has 0 amide bonds. The van der Waals surface area contributed by atoms with Gasteiger partial charge in [-0.05, 0) is 65.5 Å². The Bertz CT molecular complexity index is 2280. The molecule has 42 heavy (non-hydrogen) atoms. The number of anilines is 3. The van der Waals surface area contributed by atoms with Gasteiger partial charge in [-0.15, -0.1) is 0 Å². The molecule has 196 valence electrons. The second kappa shape index (κ2) is 8.88. The van der Waals surface area contributed by atoms with Gasteiger partial charge in [-0.1, -0.05) is 78.9 Å². The predicted octanol–water partition coefficient (Wildman–Crippen LogP) is 9.84. The highest BCUT2D eigenvalue weighted by Gasteiger charge is 2.30. The summed E-state index contributed by atoms with van der Waals surface area (Å²) in [6.07, 6.45) is 3.74. The summed E-state index contributed by atoms with van der Waals surface area (Å²) >= 11 is 0. The van der Waals surface area contributed by atoms with Crippen molar-refractivity contribution >= 4 is 49.6 Å². The SMILES string of the molecule is c1ccc(N2c3cccc4cccc(c34)-c3ccc4c(c32)c2ccccc2n4-c2ccc(-c3ccccn3)cn2)cc1. The first-order valence-electron chi connectivity index (χ1n) is 14.2. The van der Waals surface area contributed by atoms with E-state index in [1.807, 2.05) is 30.6 Å². The molecule has 4 heteroatoms. The van der Waals surface area contributed by atoms with Crippen LogP contribution in [-0.2, 0) is 0 Å². The van der Waals surface area contributed by atoms with Gasteiger partial charge in [0.15, 0.2) is 0 Å². The molecule has 0 N–H and O–H groups in total. The van der Waals surface area contributed by atoms with Crippen molar-refractivity contribution in [2.75, 3.05) is 4.90 Å². The van der Waals surface area contributed by atoms with Crippen LogP contribution in [0.4, 0.5) is 17.1 Å². The Hall–Kier alpha value is -5.74. The first-order chi connectivity index (χ1) is 20.9. The number of rotatable bonds is 3. The zero-order valence-electron chi connectivity index (χ0n) is 22.6. The Labute approximate surface area is 242 Å². The molecule has 0 fully saturated rings. The van der Waals surface area contributed by atoms with Crippen molar-refractivity contribution in [3.05, 3.63) is 146 Å². The molecule has 0 bridgehead atoms. The van der Waals surface area contributed by atoms with Crippen LogP contribution >= 0.6 is 0 Å². The molecule has 1 aliphatic rings. The molecule has 0 saturated heterocycles. The number of aromatic nitrogens is 3. The van der Waals surface area contributed by atoms with E-state index < -0.39 is 0 Å². The summed E-state index contributed by atoms with van der Waals surface area (Å²) in [7, 11) is 0. The summed E-state index contributed by atoms with van der Waals surface area (Å²) in [4.78, 5) is 11.9. The summed E-state index contributed by atoms with van der Waals surface area (Å²) in [5, 5.41) is 4.95. The standard InChI is InChI=1S/C38H24N4/c1-2-12-27(13-3-1)41-33-18-9-11-25-10-8-15-28(36(25)33)29-20-21-34-37(38(29)41)30-14-4-5-17-32(30)42(34)35-22-19-26(24-40-35)31-16-6-7-23-39-31/h1-24H. The van der Waals surface area contributed by atoms with Crippen molar-refractivity contribution in [2.45, 2.75) is 0 Å². The Balaban J connectivity index is 1.37. The molecule has 5 aromatic carbocycles. The number of hydrogen-bond donors (Lipinski definition) is 0. The van der Waals surface area contributed by atoms with Crippen LogP contribution in [0.5, 0.6) is 0 Å². The maximum atomic E-state index is 4.96. The van der Waals surface area contributed by atoms with Gasteiger partial charge in [-0.25, -0.2) is 4.98 Å². The van der Waals surface area contributed by atoms with E-state index in [0.717, 1.165) is 33.8 Å². The van der Waals surface area contributed by atoms with Crippen molar-refractivity contribution in [2.24, 2.45) is 0 Å². The zero-order chi connectivity index (χ0) is 27.6. The summed E-state index contributed by atoms with van der Waals surface area (Å²) in [6, 6.07) is 47.4. The van der Waals surface area contributed by atoms with Gasteiger partial charge >= 0.3 is 0 Å². The van der Waals surface area contributed by atoms with E-state index in [9.17, 15) is 0 Å². The van der Waals surface area contributed by atoms with Gasteiger partial charge in [0.05, 0.1) is 28.1 Å². The normalized spacial score (nSPS) is 12.2. The zero-order valence-corrected chi connectivity index (χ0v) is 22.6. The van der Waals surface area contributed by atoms with Gasteiger partial charge in [-0.2, -0.15) is 0 Å². The highest BCUT2D eigenvalue weighted by molar-refractivity contribution is 6.24. The number of para-hydroxylation sites is 2. The van der Waals surface area contributed by atoms with E-state index in [0.29, 0.717) is 0 Å². The summed E-state index contributed by atoms with van der Waals surface area (Å²) < 4.78 is 2.29. The lowest BCUT2D eigenvalue weighted by Gasteiger charge is -2.34. The molecule has 3 aromatic heterocycles. The van der Waals surface area contributed by atoms with Gasteiger partial charge in [-0.3, -0.25) is 9.55 Å². The van der Waals surface area contributed by atoms with Gasteiger partial charge in [0.2, 0.25) is 0 Å². The van der Waals surface area contributed by atoms with Crippen molar-refractivity contribution in [3.8, 4) is 28.2 Å². The van der Waals surface area contributed by atoms with Crippen molar-refractivity contribution < 1.29 is 0 Å². The molecule has 0 atom stereocenters. The van der Waals surface area contributed by atoms with Crippen LogP contribution in [0.25, 0.3) is 60.8 Å². The van der Waals surface area contributed by atoms with Crippen LogP contribution in [0.1, 0.15) is 0 Å². The minimum atomic E-state index is 0.880. The second-order valence-electron chi connectivity index (χ2n) is 10.7. The van der Waals surface area contributed by atoms with Crippen LogP contribution < -0.4 is 4.90 Å². The molecule has 0 radical (unpaired) electrons. The van der Waals surface area contributed by atoms with Gasteiger partial charge in [0.25, 0.3) is 0 Å².